The molecule has 0 heterocycles. The highest BCUT2D eigenvalue weighted by Gasteiger charge is 2.31. The Morgan fingerprint density at radius 1 is 1.23 bits per heavy atom. The van der Waals surface area contributed by atoms with Crippen molar-refractivity contribution in [3.05, 3.63) is 24.3 Å². The number of nitrogens with one attached hydrogen (secondary N) is 1. The first-order chi connectivity index (χ1) is 6.03. The summed E-state index contributed by atoms with van der Waals surface area (Å²) in [4.78, 5) is 0. The molecule has 0 aliphatic carbocycles. The molecule has 0 amide bonds. The second kappa shape index (κ2) is 3.53. The number of benzene rings is 1. The predicted molar refractivity (Wildman–Crippen MR) is 40.9 cm³/mol. The fourth-order valence-corrected chi connectivity index (χ4v) is 0.800. The molecule has 0 fully saturated rings. The molecule has 0 unspecified atom stereocenters. The van der Waals surface area contributed by atoms with Crippen LogP contribution in [0.4, 0.5) is 18.9 Å². The molecule has 72 valence electrons. The summed E-state index contributed by atoms with van der Waals surface area (Å²) in [6.07, 6.45) is -4.70. The van der Waals surface area contributed by atoms with Gasteiger partial charge in [0.1, 0.15) is 0 Å². The number of para-hydroxylation sites is 2. The quantitative estimate of drug-likeness (QED) is 0.555. The molecule has 3 nitrogen and oxygen atoms in total. The van der Waals surface area contributed by atoms with Crippen molar-refractivity contribution in [3.63, 3.8) is 0 Å². The number of anilines is 1. The Morgan fingerprint density at radius 2 is 1.85 bits per heavy atom. The van der Waals surface area contributed by atoms with E-state index in [4.69, 9.17) is 5.84 Å². The van der Waals surface area contributed by atoms with Crippen molar-refractivity contribution in [3.8, 4) is 5.75 Å². The number of nitrogens with two attached hydrogens (primary N) is 1. The fourth-order valence-electron chi connectivity index (χ4n) is 0.800. The van der Waals surface area contributed by atoms with E-state index in [1.165, 1.54) is 18.2 Å². The molecule has 0 aromatic heterocycles. The lowest BCUT2D eigenvalue weighted by molar-refractivity contribution is -0.274. The van der Waals surface area contributed by atoms with E-state index in [2.05, 4.69) is 10.2 Å². The molecule has 0 saturated heterocycles. The summed E-state index contributed by atoms with van der Waals surface area (Å²) in [5, 5.41) is 0. The first kappa shape index (κ1) is 9.66. The minimum absolute atomic E-state index is 0.0832. The number of rotatable bonds is 2. The van der Waals surface area contributed by atoms with Gasteiger partial charge in [0, 0.05) is 0 Å². The predicted octanol–water partition coefficient (Wildman–Crippen LogP) is 1.87. The van der Waals surface area contributed by atoms with Crippen LogP contribution in [0.2, 0.25) is 0 Å². The lowest BCUT2D eigenvalue weighted by atomic mass is 10.3. The zero-order valence-electron chi connectivity index (χ0n) is 6.43. The third kappa shape index (κ3) is 2.83. The van der Waals surface area contributed by atoms with E-state index in [1.807, 2.05) is 0 Å². The molecule has 13 heavy (non-hydrogen) atoms. The Kier molecular flexibility index (Phi) is 2.62. The SMILES string of the molecule is NNc1ccccc1OC(F)(F)F. The van der Waals surface area contributed by atoms with Gasteiger partial charge in [0.15, 0.2) is 5.75 Å². The van der Waals surface area contributed by atoms with Gasteiger partial charge in [-0.15, -0.1) is 13.2 Å². The van der Waals surface area contributed by atoms with Crippen LogP contribution in [0.5, 0.6) is 5.75 Å². The van der Waals surface area contributed by atoms with Gasteiger partial charge in [0.25, 0.3) is 0 Å². The van der Waals surface area contributed by atoms with Crippen molar-refractivity contribution >= 4 is 5.69 Å². The van der Waals surface area contributed by atoms with Gasteiger partial charge in [-0.1, -0.05) is 12.1 Å². The number of hydrogen-bond donors (Lipinski definition) is 2. The summed E-state index contributed by atoms with van der Waals surface area (Å²) < 4.78 is 39.0. The first-order valence-corrected chi connectivity index (χ1v) is 3.34. The Balaban J connectivity index is 2.87. The number of hydrogen-bond acceptors (Lipinski definition) is 3. The number of nitrogen functional groups attached to an aromatic ring is 1. The molecular formula is C7H7F3N2O. The molecule has 0 saturated carbocycles. The van der Waals surface area contributed by atoms with Crippen LogP contribution in [0.3, 0.4) is 0 Å². The van der Waals surface area contributed by atoms with Crippen LogP contribution >= 0.6 is 0 Å². The van der Waals surface area contributed by atoms with Crippen LogP contribution in [0.15, 0.2) is 24.3 Å². The second-order valence-corrected chi connectivity index (χ2v) is 2.19. The van der Waals surface area contributed by atoms with E-state index in [0.29, 0.717) is 0 Å². The van der Waals surface area contributed by atoms with Crippen molar-refractivity contribution < 1.29 is 17.9 Å². The summed E-state index contributed by atoms with van der Waals surface area (Å²) in [5.74, 6) is 4.62. The van der Waals surface area contributed by atoms with E-state index in [0.717, 1.165) is 0 Å². The molecule has 0 aliphatic heterocycles. The van der Waals surface area contributed by atoms with Gasteiger partial charge in [0.05, 0.1) is 5.69 Å². The maximum Gasteiger partial charge on any atom is 0.573 e. The van der Waals surface area contributed by atoms with Gasteiger partial charge in [-0.2, -0.15) is 0 Å². The van der Waals surface area contributed by atoms with E-state index in [-0.39, 0.29) is 11.4 Å². The van der Waals surface area contributed by atoms with Gasteiger partial charge in [0.2, 0.25) is 0 Å². The zero-order chi connectivity index (χ0) is 9.90. The maximum absolute atomic E-state index is 11.8. The highest BCUT2D eigenvalue weighted by molar-refractivity contribution is 5.55. The minimum Gasteiger partial charge on any atom is -0.404 e. The monoisotopic (exact) mass is 192 g/mol. The summed E-state index contributed by atoms with van der Waals surface area (Å²) in [7, 11) is 0. The Hall–Kier alpha value is -1.43. The average Bonchev–Trinajstić information content (AvgIpc) is 2.02. The standard InChI is InChI=1S/C7H7F3N2O/c8-7(9,10)13-6-4-2-1-3-5(6)12-11/h1-4,12H,11H2. The normalized spacial score (nSPS) is 11.1. The van der Waals surface area contributed by atoms with E-state index >= 15 is 0 Å². The third-order valence-corrected chi connectivity index (χ3v) is 1.27. The van der Waals surface area contributed by atoms with Gasteiger partial charge in [-0.25, -0.2) is 0 Å². The Bertz CT molecular complexity index is 287. The lowest BCUT2D eigenvalue weighted by Gasteiger charge is -2.11. The lowest BCUT2D eigenvalue weighted by Crippen LogP contribution is -2.19. The zero-order valence-corrected chi connectivity index (χ0v) is 6.43. The van der Waals surface area contributed by atoms with Crippen molar-refractivity contribution in [1.29, 1.82) is 0 Å². The average molecular weight is 192 g/mol. The topological polar surface area (TPSA) is 47.3 Å². The molecule has 0 radical (unpaired) electrons. The minimum atomic E-state index is -4.70. The van der Waals surface area contributed by atoms with Gasteiger partial charge in [-0.05, 0) is 12.1 Å². The maximum atomic E-state index is 11.8. The van der Waals surface area contributed by atoms with Crippen molar-refractivity contribution in [2.24, 2.45) is 5.84 Å². The van der Waals surface area contributed by atoms with Crippen LogP contribution in [0.25, 0.3) is 0 Å². The molecule has 0 atom stereocenters. The molecule has 1 aromatic carbocycles. The third-order valence-electron chi connectivity index (χ3n) is 1.27. The van der Waals surface area contributed by atoms with Gasteiger partial charge in [-0.3, -0.25) is 5.84 Å². The van der Waals surface area contributed by atoms with Crippen molar-refractivity contribution in [2.45, 2.75) is 6.36 Å². The van der Waals surface area contributed by atoms with Crippen LogP contribution in [0, 0.1) is 0 Å². The van der Waals surface area contributed by atoms with Gasteiger partial charge < -0.3 is 10.2 Å². The van der Waals surface area contributed by atoms with Crippen LogP contribution in [0.1, 0.15) is 0 Å². The van der Waals surface area contributed by atoms with E-state index in [1.54, 1.807) is 6.07 Å². The summed E-state index contributed by atoms with van der Waals surface area (Å²) in [6.45, 7) is 0. The summed E-state index contributed by atoms with van der Waals surface area (Å²) >= 11 is 0. The Morgan fingerprint density at radius 3 is 2.38 bits per heavy atom. The molecule has 6 heteroatoms. The first-order valence-electron chi connectivity index (χ1n) is 3.34. The van der Waals surface area contributed by atoms with E-state index in [9.17, 15) is 13.2 Å². The highest BCUT2D eigenvalue weighted by Crippen LogP contribution is 2.28. The fraction of sp³-hybridized carbons (Fsp3) is 0.143. The smallest absolute Gasteiger partial charge is 0.404 e. The molecule has 3 N–H and O–H groups in total. The molecule has 0 spiro atoms. The van der Waals surface area contributed by atoms with Crippen molar-refractivity contribution in [1.82, 2.24) is 0 Å². The molecule has 0 aliphatic rings. The molecule has 1 aromatic rings. The molecule has 0 bridgehead atoms. The highest BCUT2D eigenvalue weighted by atomic mass is 19.4. The summed E-state index contributed by atoms with van der Waals surface area (Å²) in [5.41, 5.74) is 2.18. The number of hydrazine groups is 1. The number of halogens is 3. The van der Waals surface area contributed by atoms with E-state index < -0.39 is 6.36 Å². The number of ether oxygens (including phenoxy) is 1. The number of alkyl halides is 3. The summed E-state index contributed by atoms with van der Waals surface area (Å²) in [6, 6.07) is 5.50. The largest absolute Gasteiger partial charge is 0.573 e. The Labute approximate surface area is 72.3 Å². The van der Waals surface area contributed by atoms with Crippen molar-refractivity contribution in [2.75, 3.05) is 5.43 Å². The van der Waals surface area contributed by atoms with Crippen LogP contribution < -0.4 is 16.0 Å². The second-order valence-electron chi connectivity index (χ2n) is 2.19. The molecular weight excluding hydrogens is 185 g/mol. The van der Waals surface area contributed by atoms with Crippen LogP contribution in [-0.4, -0.2) is 6.36 Å². The van der Waals surface area contributed by atoms with Crippen LogP contribution in [-0.2, 0) is 0 Å². The molecule has 1 rings (SSSR count). The van der Waals surface area contributed by atoms with Gasteiger partial charge >= 0.3 is 6.36 Å².